The molecule has 0 atom stereocenters. The number of methoxy groups -OCH3 is 1. The molecular formula is C23H22N8O5. The van der Waals surface area contributed by atoms with Gasteiger partial charge in [0.2, 0.25) is 5.91 Å². The molecule has 1 aliphatic rings. The number of amides is 1. The van der Waals surface area contributed by atoms with Crippen LogP contribution in [-0.2, 0) is 16.1 Å². The summed E-state index contributed by atoms with van der Waals surface area (Å²) in [5, 5.41) is 3.03. The van der Waals surface area contributed by atoms with E-state index in [0.29, 0.717) is 53.7 Å². The van der Waals surface area contributed by atoms with Crippen LogP contribution in [0.2, 0.25) is 0 Å². The maximum Gasteiger partial charge on any atom is 0.329 e. The summed E-state index contributed by atoms with van der Waals surface area (Å²) in [4.78, 5) is 69.9. The van der Waals surface area contributed by atoms with E-state index in [9.17, 15) is 19.3 Å². The monoisotopic (exact) mass is 490 g/mol. The van der Waals surface area contributed by atoms with Gasteiger partial charge in [-0.1, -0.05) is 5.18 Å². The van der Waals surface area contributed by atoms with Crippen molar-refractivity contribution in [2.75, 3.05) is 26.8 Å². The molecule has 0 aliphatic carbocycles. The molecule has 0 spiro atoms. The van der Waals surface area contributed by atoms with E-state index in [-0.39, 0.29) is 36.3 Å². The number of carbonyl (C=O) groups is 1. The number of nitrogens with zero attached hydrogens (tertiary/aromatic N) is 7. The van der Waals surface area contributed by atoms with E-state index in [1.54, 1.807) is 21.6 Å². The van der Waals surface area contributed by atoms with Crippen molar-refractivity contribution in [1.82, 2.24) is 34.4 Å². The smallest absolute Gasteiger partial charge is 0.329 e. The van der Waals surface area contributed by atoms with Crippen LogP contribution in [0.4, 0.5) is 0 Å². The van der Waals surface area contributed by atoms with Crippen LogP contribution in [0.25, 0.3) is 33.2 Å². The lowest BCUT2D eigenvalue weighted by atomic mass is 10.0. The van der Waals surface area contributed by atoms with Gasteiger partial charge in [-0.3, -0.25) is 24.1 Å². The molecule has 1 aliphatic heterocycles. The average Bonchev–Trinajstić information content (AvgIpc) is 2.89. The van der Waals surface area contributed by atoms with E-state index in [0.717, 1.165) is 0 Å². The van der Waals surface area contributed by atoms with Gasteiger partial charge in [0.05, 0.1) is 22.1 Å². The van der Waals surface area contributed by atoms with Crippen molar-refractivity contribution in [1.29, 1.82) is 0 Å². The highest BCUT2D eigenvalue weighted by atomic mass is 16.5. The Hall–Kier alpha value is -4.39. The topological polar surface area (TPSA) is 165 Å². The summed E-state index contributed by atoms with van der Waals surface area (Å²) >= 11 is 0. The van der Waals surface area contributed by atoms with Crippen molar-refractivity contribution in [3.8, 4) is 11.3 Å². The SMILES string of the molecule is COCC(=O)N1CCC(n2c(=O)[nH]c(=O)c3cnc4ccc(-c5cnc(CN=O)nc5)nc4c32)CC1. The molecule has 0 radical (unpaired) electrons. The number of hydrogen-bond donors (Lipinski definition) is 1. The lowest BCUT2D eigenvalue weighted by molar-refractivity contribution is -0.136. The predicted molar refractivity (Wildman–Crippen MR) is 129 cm³/mol. The minimum Gasteiger partial charge on any atom is -0.375 e. The van der Waals surface area contributed by atoms with Crippen LogP contribution < -0.4 is 11.2 Å². The number of nitroso groups, excluding NO2 is 1. The van der Waals surface area contributed by atoms with Gasteiger partial charge < -0.3 is 9.64 Å². The summed E-state index contributed by atoms with van der Waals surface area (Å²) in [6, 6.07) is 3.24. The standard InChI is InChI=1S/C23H22N8O5/c1-36-12-19(32)30-6-4-14(5-7-30)31-21-15(22(33)29-23(31)34)10-24-17-3-2-16(28-20(17)21)13-8-25-18(11-27-35)26-9-13/h2-3,8-10,14H,4-7,11-12H2,1H3,(H,29,33,34). The van der Waals surface area contributed by atoms with Gasteiger partial charge in [-0.15, -0.1) is 0 Å². The zero-order chi connectivity index (χ0) is 25.2. The van der Waals surface area contributed by atoms with Gasteiger partial charge in [0.1, 0.15) is 18.7 Å². The molecule has 1 amide bonds. The normalized spacial score (nSPS) is 14.4. The highest BCUT2D eigenvalue weighted by Crippen LogP contribution is 2.28. The van der Waals surface area contributed by atoms with Gasteiger partial charge >= 0.3 is 5.69 Å². The molecule has 0 bridgehead atoms. The third kappa shape index (κ3) is 4.24. The third-order valence-corrected chi connectivity index (χ3v) is 6.27. The molecule has 4 aromatic heterocycles. The number of aromatic amines is 1. The zero-order valence-corrected chi connectivity index (χ0v) is 19.4. The molecule has 4 aromatic rings. The van der Waals surface area contributed by atoms with Crippen molar-refractivity contribution in [3.63, 3.8) is 0 Å². The number of rotatable bonds is 6. The third-order valence-electron chi connectivity index (χ3n) is 6.27. The van der Waals surface area contributed by atoms with E-state index in [4.69, 9.17) is 9.72 Å². The second-order valence-electron chi connectivity index (χ2n) is 8.43. The number of aromatic nitrogens is 6. The Morgan fingerprint density at radius 3 is 2.58 bits per heavy atom. The number of carbonyl (C=O) groups excluding carboxylic acids is 1. The molecule has 5 heterocycles. The Morgan fingerprint density at radius 1 is 1.14 bits per heavy atom. The lowest BCUT2D eigenvalue weighted by Gasteiger charge is -2.33. The highest BCUT2D eigenvalue weighted by Gasteiger charge is 2.27. The van der Waals surface area contributed by atoms with Crippen LogP contribution in [0.5, 0.6) is 0 Å². The zero-order valence-electron chi connectivity index (χ0n) is 19.4. The molecular weight excluding hydrogens is 468 g/mol. The molecule has 1 saturated heterocycles. The van der Waals surface area contributed by atoms with Crippen LogP contribution >= 0.6 is 0 Å². The van der Waals surface area contributed by atoms with Crippen molar-refractivity contribution in [2.24, 2.45) is 5.18 Å². The second-order valence-corrected chi connectivity index (χ2v) is 8.43. The molecule has 13 nitrogen and oxygen atoms in total. The van der Waals surface area contributed by atoms with Crippen LogP contribution in [0.1, 0.15) is 24.7 Å². The Morgan fingerprint density at radius 2 is 1.89 bits per heavy atom. The Kier molecular flexibility index (Phi) is 6.29. The summed E-state index contributed by atoms with van der Waals surface area (Å²) in [5.41, 5.74) is 1.32. The molecule has 184 valence electrons. The van der Waals surface area contributed by atoms with Crippen molar-refractivity contribution in [3.05, 3.63) is 62.3 Å². The molecule has 0 unspecified atom stereocenters. The first-order valence-electron chi connectivity index (χ1n) is 11.3. The Bertz CT molecular complexity index is 1570. The summed E-state index contributed by atoms with van der Waals surface area (Å²) in [6.45, 7) is 0.790. The van der Waals surface area contributed by atoms with Gasteiger partial charge in [0, 0.05) is 50.4 Å². The van der Waals surface area contributed by atoms with Crippen LogP contribution in [-0.4, -0.2) is 67.1 Å². The van der Waals surface area contributed by atoms with Gasteiger partial charge in [-0.05, 0) is 25.0 Å². The van der Waals surface area contributed by atoms with Crippen molar-refractivity contribution < 1.29 is 9.53 Å². The van der Waals surface area contributed by atoms with E-state index in [2.05, 4.69) is 25.1 Å². The van der Waals surface area contributed by atoms with Gasteiger partial charge in [0.25, 0.3) is 5.56 Å². The number of H-pyrrole nitrogens is 1. The van der Waals surface area contributed by atoms with Gasteiger partial charge in [-0.2, -0.15) is 4.91 Å². The number of ether oxygens (including phenoxy) is 1. The highest BCUT2D eigenvalue weighted by molar-refractivity contribution is 6.01. The quantitative estimate of drug-likeness (QED) is 0.308. The summed E-state index contributed by atoms with van der Waals surface area (Å²) in [6.07, 6.45) is 5.56. The summed E-state index contributed by atoms with van der Waals surface area (Å²) in [7, 11) is 1.47. The molecule has 1 N–H and O–H groups in total. The van der Waals surface area contributed by atoms with E-state index in [1.165, 1.54) is 25.7 Å². The first kappa shape index (κ1) is 23.4. The summed E-state index contributed by atoms with van der Waals surface area (Å²) in [5.74, 6) is 0.185. The fourth-order valence-corrected chi connectivity index (χ4v) is 4.51. The largest absolute Gasteiger partial charge is 0.375 e. The molecule has 5 rings (SSSR count). The molecule has 13 heteroatoms. The van der Waals surface area contributed by atoms with Crippen molar-refractivity contribution >= 4 is 27.8 Å². The van der Waals surface area contributed by atoms with Gasteiger partial charge in [0.15, 0.2) is 5.82 Å². The Labute approximate surface area is 203 Å². The van der Waals surface area contributed by atoms with E-state index < -0.39 is 11.2 Å². The van der Waals surface area contributed by atoms with Gasteiger partial charge in [-0.25, -0.2) is 19.7 Å². The molecule has 0 saturated carbocycles. The lowest BCUT2D eigenvalue weighted by Crippen LogP contribution is -2.43. The number of hydrogen-bond acceptors (Lipinski definition) is 10. The van der Waals surface area contributed by atoms with Crippen LogP contribution in [0.3, 0.4) is 0 Å². The number of fused-ring (bicyclic) bond motifs is 3. The minimum atomic E-state index is -0.547. The molecule has 0 aromatic carbocycles. The predicted octanol–water partition coefficient (Wildman–Crippen LogP) is 1.17. The average molecular weight is 490 g/mol. The number of nitrogens with one attached hydrogen (secondary N) is 1. The minimum absolute atomic E-state index is 0.00551. The number of likely N-dealkylation sites (tertiary alicyclic amines) is 1. The van der Waals surface area contributed by atoms with E-state index >= 15 is 0 Å². The fraction of sp³-hybridized carbons (Fsp3) is 0.348. The molecule has 36 heavy (non-hydrogen) atoms. The fourth-order valence-electron chi connectivity index (χ4n) is 4.51. The maximum atomic E-state index is 13.1. The Balaban J connectivity index is 1.62. The number of pyridine rings is 2. The van der Waals surface area contributed by atoms with Crippen LogP contribution in [0.15, 0.2) is 45.5 Å². The van der Waals surface area contributed by atoms with E-state index in [1.807, 2.05) is 0 Å². The first-order valence-corrected chi connectivity index (χ1v) is 11.3. The number of piperidine rings is 1. The first-order chi connectivity index (χ1) is 17.5. The van der Waals surface area contributed by atoms with Crippen molar-refractivity contribution in [2.45, 2.75) is 25.4 Å². The summed E-state index contributed by atoms with van der Waals surface area (Å²) < 4.78 is 6.50. The van der Waals surface area contributed by atoms with Crippen LogP contribution in [0, 0.1) is 4.91 Å². The molecule has 1 fully saturated rings. The maximum absolute atomic E-state index is 13.1. The second kappa shape index (κ2) is 9.70.